The molecule has 2 amide bonds. The van der Waals surface area contributed by atoms with E-state index in [1.165, 1.54) is 5.56 Å². The van der Waals surface area contributed by atoms with Crippen molar-refractivity contribution in [2.45, 2.75) is 25.8 Å². The number of benzene rings is 1. The second-order valence-corrected chi connectivity index (χ2v) is 5.27. The average molecular weight is 284 g/mol. The largest absolute Gasteiger partial charge is 0.338 e. The molecule has 110 valence electrons. The van der Waals surface area contributed by atoms with E-state index < -0.39 is 0 Å². The number of aromatic nitrogens is 2. The molecule has 5 nitrogen and oxygen atoms in total. The number of unbranched alkanes of at least 4 members (excludes halogenated alkanes) is 1. The fourth-order valence-corrected chi connectivity index (χ4v) is 2.68. The van der Waals surface area contributed by atoms with E-state index in [0.29, 0.717) is 6.54 Å². The van der Waals surface area contributed by atoms with Gasteiger partial charge in [-0.15, -0.1) is 0 Å². The van der Waals surface area contributed by atoms with Crippen LogP contribution in [-0.2, 0) is 13.0 Å². The number of rotatable bonds is 5. The van der Waals surface area contributed by atoms with Crippen molar-refractivity contribution in [3.63, 3.8) is 0 Å². The number of hydrogen-bond donors (Lipinski definition) is 1. The van der Waals surface area contributed by atoms with Crippen LogP contribution in [0.3, 0.4) is 0 Å². The summed E-state index contributed by atoms with van der Waals surface area (Å²) in [5.74, 6) is 0. The van der Waals surface area contributed by atoms with E-state index in [9.17, 15) is 4.79 Å². The van der Waals surface area contributed by atoms with Gasteiger partial charge in [0.15, 0.2) is 0 Å². The number of carbonyl (C=O) groups excluding carboxylic acids is 1. The summed E-state index contributed by atoms with van der Waals surface area (Å²) in [6, 6.07) is 8.13. The first kappa shape index (κ1) is 13.7. The highest BCUT2D eigenvalue weighted by Gasteiger charge is 2.23. The van der Waals surface area contributed by atoms with Gasteiger partial charge in [-0.2, -0.15) is 0 Å². The molecule has 3 rings (SSSR count). The summed E-state index contributed by atoms with van der Waals surface area (Å²) in [7, 11) is 0. The first-order valence-electron chi connectivity index (χ1n) is 7.43. The average Bonchev–Trinajstić information content (AvgIpc) is 3.16. The third-order valence-electron chi connectivity index (χ3n) is 3.81. The van der Waals surface area contributed by atoms with Crippen LogP contribution < -0.4 is 10.2 Å². The van der Waals surface area contributed by atoms with Crippen molar-refractivity contribution in [3.05, 3.63) is 48.5 Å². The molecule has 0 radical (unpaired) electrons. The Balaban J connectivity index is 1.41. The van der Waals surface area contributed by atoms with Gasteiger partial charge in [0.2, 0.25) is 0 Å². The van der Waals surface area contributed by atoms with E-state index >= 15 is 0 Å². The molecule has 1 aliphatic rings. The van der Waals surface area contributed by atoms with E-state index in [0.717, 1.165) is 38.0 Å². The summed E-state index contributed by atoms with van der Waals surface area (Å²) < 4.78 is 2.05. The number of hydrogen-bond acceptors (Lipinski definition) is 2. The number of fused-ring (bicyclic) bond motifs is 1. The van der Waals surface area contributed by atoms with Crippen LogP contribution in [0.5, 0.6) is 0 Å². The van der Waals surface area contributed by atoms with Crippen LogP contribution in [0.25, 0.3) is 0 Å². The van der Waals surface area contributed by atoms with Crippen LogP contribution in [0.1, 0.15) is 18.4 Å². The van der Waals surface area contributed by atoms with Crippen LogP contribution in [-0.4, -0.2) is 28.7 Å². The number of nitrogens with zero attached hydrogens (tertiary/aromatic N) is 3. The number of imidazole rings is 1. The Hall–Kier alpha value is -2.30. The summed E-state index contributed by atoms with van der Waals surface area (Å²) in [6.07, 6.45) is 8.52. The minimum atomic E-state index is 0.0163. The number of amides is 2. The maximum atomic E-state index is 12.2. The van der Waals surface area contributed by atoms with Gasteiger partial charge in [-0.25, -0.2) is 9.78 Å². The molecule has 0 saturated carbocycles. The zero-order valence-electron chi connectivity index (χ0n) is 12.0. The molecule has 2 aromatic rings. The molecule has 5 heteroatoms. The molecule has 1 N–H and O–H groups in total. The fraction of sp³-hybridized carbons (Fsp3) is 0.375. The van der Waals surface area contributed by atoms with Gasteiger partial charge in [-0.05, 0) is 30.9 Å². The van der Waals surface area contributed by atoms with E-state index in [1.54, 1.807) is 6.20 Å². The first-order valence-corrected chi connectivity index (χ1v) is 7.43. The molecule has 1 aromatic carbocycles. The van der Waals surface area contributed by atoms with Gasteiger partial charge in [0.25, 0.3) is 0 Å². The number of para-hydroxylation sites is 1. The molecule has 2 heterocycles. The first-order chi connectivity index (χ1) is 10.3. The SMILES string of the molecule is O=C(NCCCCn1ccnc1)N1CCc2ccccc21. The monoisotopic (exact) mass is 284 g/mol. The third kappa shape index (κ3) is 3.24. The number of nitrogens with one attached hydrogen (secondary N) is 1. The Morgan fingerprint density at radius 3 is 3.05 bits per heavy atom. The van der Waals surface area contributed by atoms with Crippen LogP contribution in [0.15, 0.2) is 43.0 Å². The Kier molecular flexibility index (Phi) is 4.19. The molecule has 0 atom stereocenters. The van der Waals surface area contributed by atoms with Gasteiger partial charge in [-0.3, -0.25) is 4.90 Å². The van der Waals surface area contributed by atoms with Gasteiger partial charge in [-0.1, -0.05) is 18.2 Å². The standard InChI is InChI=1S/C16H20N4O/c21-16(18-8-3-4-10-19-12-9-17-13-19)20-11-7-14-5-1-2-6-15(14)20/h1-2,5-6,9,12-13H,3-4,7-8,10-11H2,(H,18,21). The minimum Gasteiger partial charge on any atom is -0.338 e. The lowest BCUT2D eigenvalue weighted by molar-refractivity contribution is 0.246. The van der Waals surface area contributed by atoms with Crippen molar-refractivity contribution in [2.75, 3.05) is 18.0 Å². The molecule has 0 aliphatic carbocycles. The summed E-state index contributed by atoms with van der Waals surface area (Å²) in [4.78, 5) is 18.0. The van der Waals surface area contributed by atoms with Crippen LogP contribution >= 0.6 is 0 Å². The number of carbonyl (C=O) groups is 1. The van der Waals surface area contributed by atoms with Crippen LogP contribution in [0.4, 0.5) is 10.5 Å². The summed E-state index contributed by atoms with van der Waals surface area (Å²) in [5, 5.41) is 3.01. The molecule has 1 aromatic heterocycles. The van der Waals surface area contributed by atoms with E-state index in [4.69, 9.17) is 0 Å². The van der Waals surface area contributed by atoms with Crippen molar-refractivity contribution in [1.82, 2.24) is 14.9 Å². The van der Waals surface area contributed by atoms with Gasteiger partial charge >= 0.3 is 6.03 Å². The Labute approximate surface area is 124 Å². The quantitative estimate of drug-likeness (QED) is 0.857. The second kappa shape index (κ2) is 6.43. The van der Waals surface area contributed by atoms with Crippen molar-refractivity contribution >= 4 is 11.7 Å². The van der Waals surface area contributed by atoms with Crippen molar-refractivity contribution < 1.29 is 4.79 Å². The molecule has 0 fully saturated rings. The summed E-state index contributed by atoms with van der Waals surface area (Å²) >= 11 is 0. The van der Waals surface area contributed by atoms with Crippen molar-refractivity contribution in [2.24, 2.45) is 0 Å². The maximum Gasteiger partial charge on any atom is 0.321 e. The van der Waals surface area contributed by atoms with E-state index in [1.807, 2.05) is 35.6 Å². The Morgan fingerprint density at radius 1 is 1.29 bits per heavy atom. The van der Waals surface area contributed by atoms with Gasteiger partial charge in [0, 0.05) is 37.7 Å². The third-order valence-corrected chi connectivity index (χ3v) is 3.81. The van der Waals surface area contributed by atoms with Crippen LogP contribution in [0.2, 0.25) is 0 Å². The fourth-order valence-electron chi connectivity index (χ4n) is 2.68. The smallest absolute Gasteiger partial charge is 0.321 e. The molecule has 1 aliphatic heterocycles. The van der Waals surface area contributed by atoms with E-state index in [-0.39, 0.29) is 6.03 Å². The Morgan fingerprint density at radius 2 is 2.19 bits per heavy atom. The zero-order chi connectivity index (χ0) is 14.5. The molecular formula is C16H20N4O. The highest BCUT2D eigenvalue weighted by molar-refractivity contribution is 5.94. The lowest BCUT2D eigenvalue weighted by Gasteiger charge is -2.18. The maximum absolute atomic E-state index is 12.2. The number of anilines is 1. The van der Waals surface area contributed by atoms with E-state index in [2.05, 4.69) is 20.9 Å². The normalized spacial score (nSPS) is 13.2. The lowest BCUT2D eigenvalue weighted by Crippen LogP contribution is -2.39. The highest BCUT2D eigenvalue weighted by Crippen LogP contribution is 2.27. The lowest BCUT2D eigenvalue weighted by atomic mass is 10.2. The summed E-state index contributed by atoms with van der Waals surface area (Å²) in [5.41, 5.74) is 2.31. The Bertz CT molecular complexity index is 594. The molecule has 21 heavy (non-hydrogen) atoms. The van der Waals surface area contributed by atoms with Crippen molar-refractivity contribution in [3.8, 4) is 0 Å². The van der Waals surface area contributed by atoms with Gasteiger partial charge < -0.3 is 9.88 Å². The molecule has 0 unspecified atom stereocenters. The van der Waals surface area contributed by atoms with Gasteiger partial charge in [0.1, 0.15) is 0 Å². The molecule has 0 bridgehead atoms. The van der Waals surface area contributed by atoms with Crippen molar-refractivity contribution in [1.29, 1.82) is 0 Å². The minimum absolute atomic E-state index is 0.0163. The predicted molar refractivity (Wildman–Crippen MR) is 82.4 cm³/mol. The van der Waals surface area contributed by atoms with Crippen LogP contribution in [0, 0.1) is 0 Å². The molecule has 0 spiro atoms. The number of urea groups is 1. The summed E-state index contributed by atoms with van der Waals surface area (Å²) in [6.45, 7) is 2.44. The number of aryl methyl sites for hydroxylation is 1. The topological polar surface area (TPSA) is 50.2 Å². The zero-order valence-corrected chi connectivity index (χ0v) is 12.0. The van der Waals surface area contributed by atoms with Gasteiger partial charge in [0.05, 0.1) is 6.33 Å². The highest BCUT2D eigenvalue weighted by atomic mass is 16.2. The predicted octanol–water partition coefficient (Wildman–Crippen LogP) is 2.44. The molecule has 0 saturated heterocycles. The molecular weight excluding hydrogens is 264 g/mol. The second-order valence-electron chi connectivity index (χ2n) is 5.27.